The van der Waals surface area contributed by atoms with Crippen LogP contribution >= 0.6 is 23.1 Å². The lowest BCUT2D eigenvalue weighted by atomic mass is 10.00. The van der Waals surface area contributed by atoms with Gasteiger partial charge in [-0.2, -0.15) is 0 Å². The van der Waals surface area contributed by atoms with E-state index in [9.17, 15) is 14.0 Å². The van der Waals surface area contributed by atoms with Gasteiger partial charge in [-0.15, -0.1) is 5.10 Å². The van der Waals surface area contributed by atoms with Gasteiger partial charge in [-0.05, 0) is 62.6 Å². The zero-order valence-electron chi connectivity index (χ0n) is 16.6. The summed E-state index contributed by atoms with van der Waals surface area (Å²) in [7, 11) is 0. The molecule has 0 saturated carbocycles. The first-order valence-electron chi connectivity index (χ1n) is 9.10. The summed E-state index contributed by atoms with van der Waals surface area (Å²) in [5, 5.41) is 8.62. The van der Waals surface area contributed by atoms with Gasteiger partial charge in [0.2, 0.25) is 5.91 Å². The van der Waals surface area contributed by atoms with E-state index in [0.29, 0.717) is 10.7 Å². The zero-order chi connectivity index (χ0) is 21.9. The first kappa shape index (κ1) is 21.9. The van der Waals surface area contributed by atoms with E-state index in [1.807, 2.05) is 20.8 Å². The van der Waals surface area contributed by atoms with Gasteiger partial charge in [-0.25, -0.2) is 4.39 Å². The van der Waals surface area contributed by atoms with Gasteiger partial charge in [-0.1, -0.05) is 34.3 Å². The third-order valence-corrected chi connectivity index (χ3v) is 4.86. The number of hydrogen-bond donors (Lipinski definition) is 1. The largest absolute Gasteiger partial charge is 0.349 e. The number of aromatic nitrogens is 2. The first-order valence-corrected chi connectivity index (χ1v) is 10.3. The molecule has 0 unspecified atom stereocenters. The smallest absolute Gasteiger partial charge is 0.280 e. The molecule has 1 aromatic heterocycles. The van der Waals surface area contributed by atoms with E-state index in [0.717, 1.165) is 11.5 Å². The number of halogens is 2. The third kappa shape index (κ3) is 5.01. The van der Waals surface area contributed by atoms with Crippen molar-refractivity contribution in [3.05, 3.63) is 76.0 Å². The fraction of sp³-hybridized carbons (Fsp3) is 0.238. The monoisotopic (exact) mass is 446 g/mol. The van der Waals surface area contributed by atoms with Crippen molar-refractivity contribution >= 4 is 40.6 Å². The molecule has 156 valence electrons. The second-order valence-corrected chi connectivity index (χ2v) is 8.65. The Morgan fingerprint density at radius 3 is 2.37 bits per heavy atom. The molecule has 0 bridgehead atoms. The van der Waals surface area contributed by atoms with E-state index < -0.39 is 29.2 Å². The van der Waals surface area contributed by atoms with E-state index in [-0.39, 0.29) is 11.3 Å². The van der Waals surface area contributed by atoms with E-state index in [1.54, 1.807) is 30.3 Å². The minimum Gasteiger partial charge on any atom is -0.349 e. The van der Waals surface area contributed by atoms with Crippen molar-refractivity contribution in [1.82, 2.24) is 14.9 Å². The number of amides is 2. The molecule has 9 heteroatoms. The molecule has 2 aromatic carbocycles. The Balaban J connectivity index is 2.19. The predicted molar refractivity (Wildman–Crippen MR) is 115 cm³/mol. The van der Waals surface area contributed by atoms with Gasteiger partial charge in [0, 0.05) is 27.2 Å². The van der Waals surface area contributed by atoms with Gasteiger partial charge < -0.3 is 5.32 Å². The number of rotatable bonds is 5. The van der Waals surface area contributed by atoms with E-state index in [2.05, 4.69) is 14.9 Å². The van der Waals surface area contributed by atoms with Crippen molar-refractivity contribution < 1.29 is 14.0 Å². The number of benzene rings is 2. The summed E-state index contributed by atoms with van der Waals surface area (Å²) < 4.78 is 18.5. The Morgan fingerprint density at radius 1 is 1.13 bits per heavy atom. The van der Waals surface area contributed by atoms with E-state index in [4.69, 9.17) is 11.6 Å². The summed E-state index contributed by atoms with van der Waals surface area (Å²) in [5.74, 6) is -1.71. The summed E-state index contributed by atoms with van der Waals surface area (Å²) in [6.45, 7) is 5.42. The van der Waals surface area contributed by atoms with E-state index >= 15 is 0 Å². The number of anilines is 1. The minimum absolute atomic E-state index is 0.0554. The maximum atomic E-state index is 14.8. The highest BCUT2D eigenvalue weighted by atomic mass is 35.5. The normalized spacial score (nSPS) is 12.3. The number of nitrogens with one attached hydrogen (secondary N) is 1. The molecule has 3 rings (SSSR count). The average molecular weight is 447 g/mol. The Hall–Kier alpha value is -2.84. The predicted octanol–water partition coefficient (Wildman–Crippen LogP) is 4.63. The molecule has 6 nitrogen and oxygen atoms in total. The molecule has 0 radical (unpaired) electrons. The van der Waals surface area contributed by atoms with Crippen molar-refractivity contribution in [2.24, 2.45) is 0 Å². The third-order valence-electron chi connectivity index (χ3n) is 4.11. The quantitative estimate of drug-likeness (QED) is 0.619. The molecule has 0 aliphatic heterocycles. The van der Waals surface area contributed by atoms with Gasteiger partial charge in [-0.3, -0.25) is 14.5 Å². The Kier molecular flexibility index (Phi) is 6.48. The highest BCUT2D eigenvalue weighted by molar-refractivity contribution is 7.03. The number of nitrogens with zero attached hydrogens (tertiary/aromatic N) is 3. The topological polar surface area (TPSA) is 75.2 Å². The van der Waals surface area contributed by atoms with Crippen LogP contribution in [0.2, 0.25) is 5.02 Å². The zero-order valence-corrected chi connectivity index (χ0v) is 18.2. The van der Waals surface area contributed by atoms with Crippen molar-refractivity contribution in [3.63, 3.8) is 0 Å². The lowest BCUT2D eigenvalue weighted by Crippen LogP contribution is -2.49. The molecule has 3 aromatic rings. The van der Waals surface area contributed by atoms with Crippen LogP contribution in [-0.4, -0.2) is 26.9 Å². The van der Waals surface area contributed by atoms with E-state index in [1.165, 1.54) is 28.5 Å². The highest BCUT2D eigenvalue weighted by Crippen LogP contribution is 2.32. The summed E-state index contributed by atoms with van der Waals surface area (Å²) in [6, 6.07) is 11.0. The molecule has 1 heterocycles. The van der Waals surface area contributed by atoms with Crippen LogP contribution < -0.4 is 10.2 Å². The molecule has 0 spiro atoms. The van der Waals surface area contributed by atoms with Crippen LogP contribution in [0.25, 0.3) is 0 Å². The second kappa shape index (κ2) is 8.89. The van der Waals surface area contributed by atoms with Crippen molar-refractivity contribution in [2.75, 3.05) is 4.90 Å². The van der Waals surface area contributed by atoms with Crippen LogP contribution in [0.3, 0.4) is 0 Å². The van der Waals surface area contributed by atoms with Crippen LogP contribution in [0.15, 0.2) is 53.9 Å². The van der Waals surface area contributed by atoms with Crippen molar-refractivity contribution in [1.29, 1.82) is 0 Å². The van der Waals surface area contributed by atoms with Crippen molar-refractivity contribution in [2.45, 2.75) is 32.4 Å². The van der Waals surface area contributed by atoms with Gasteiger partial charge in [0.05, 0.1) is 0 Å². The molecule has 1 atom stereocenters. The molecule has 2 amide bonds. The number of hydrogen-bond acceptors (Lipinski definition) is 5. The molecular weight excluding hydrogens is 427 g/mol. The molecule has 30 heavy (non-hydrogen) atoms. The standard InChI is InChI=1S/C21H20ClFN4O2S/c1-21(2,3)24-19(28)18(15-6-4-5-7-16(15)23)27(14-10-8-13(22)9-11-14)20(29)17-12-30-26-25-17/h4-12,18H,1-3H3,(H,24,28)/t18-/m0/s1. The fourth-order valence-corrected chi connectivity index (χ4v) is 3.45. The average Bonchev–Trinajstić information content (AvgIpc) is 3.21. The van der Waals surface area contributed by atoms with Crippen molar-refractivity contribution in [3.8, 4) is 0 Å². The molecule has 1 N–H and O–H groups in total. The summed E-state index contributed by atoms with van der Waals surface area (Å²) in [5.41, 5.74) is -0.113. The summed E-state index contributed by atoms with van der Waals surface area (Å²) >= 11 is 7.01. The fourth-order valence-electron chi connectivity index (χ4n) is 2.90. The Bertz CT molecular complexity index is 1040. The summed E-state index contributed by atoms with van der Waals surface area (Å²) in [4.78, 5) is 27.9. The molecule has 0 aliphatic rings. The van der Waals surface area contributed by atoms with Gasteiger partial charge in [0.1, 0.15) is 11.9 Å². The minimum atomic E-state index is -1.28. The maximum absolute atomic E-state index is 14.8. The molecule has 0 aliphatic carbocycles. The SMILES string of the molecule is CC(C)(C)NC(=O)[C@H](c1ccccc1F)N(C(=O)c1csnn1)c1ccc(Cl)cc1. The lowest BCUT2D eigenvalue weighted by Gasteiger charge is -2.33. The Labute approximate surface area is 182 Å². The number of carbonyl (C=O) groups is 2. The van der Waals surface area contributed by atoms with Gasteiger partial charge in [0.25, 0.3) is 5.91 Å². The van der Waals surface area contributed by atoms with Crippen LogP contribution in [-0.2, 0) is 4.79 Å². The molecule has 0 saturated heterocycles. The summed E-state index contributed by atoms with van der Waals surface area (Å²) in [6.07, 6.45) is 0. The van der Waals surface area contributed by atoms with Gasteiger partial charge >= 0.3 is 0 Å². The highest BCUT2D eigenvalue weighted by Gasteiger charge is 2.37. The number of carbonyl (C=O) groups excluding carboxylic acids is 2. The maximum Gasteiger partial charge on any atom is 0.280 e. The molecule has 0 fully saturated rings. The van der Waals surface area contributed by atoms with Crippen LogP contribution in [0.1, 0.15) is 42.9 Å². The lowest BCUT2D eigenvalue weighted by molar-refractivity contribution is -0.124. The Morgan fingerprint density at radius 2 is 1.80 bits per heavy atom. The second-order valence-electron chi connectivity index (χ2n) is 7.61. The van der Waals surface area contributed by atoms with Crippen LogP contribution in [0, 0.1) is 5.82 Å². The molecular formula is C21H20ClFN4O2S. The van der Waals surface area contributed by atoms with Crippen LogP contribution in [0.5, 0.6) is 0 Å². The van der Waals surface area contributed by atoms with Gasteiger partial charge in [0.15, 0.2) is 5.69 Å². The van der Waals surface area contributed by atoms with Crippen LogP contribution in [0.4, 0.5) is 10.1 Å². The first-order chi connectivity index (χ1) is 14.2.